The number of carboxylic acids is 1. The Balaban J connectivity index is 2.02. The van der Waals surface area contributed by atoms with E-state index in [1.807, 2.05) is 0 Å². The zero-order valence-electron chi connectivity index (χ0n) is 9.14. The molecular formula is C11H13NO4S. The molecule has 0 saturated carbocycles. The molecule has 0 radical (unpaired) electrons. The van der Waals surface area contributed by atoms with E-state index in [2.05, 4.69) is 5.32 Å². The number of amides is 1. The molecule has 92 valence electrons. The molecular weight excluding hydrogens is 242 g/mol. The Labute approximate surface area is 102 Å². The molecule has 1 aliphatic heterocycles. The van der Waals surface area contributed by atoms with Gasteiger partial charge in [-0.15, -0.1) is 11.3 Å². The molecule has 1 unspecified atom stereocenters. The average Bonchev–Trinajstić information content (AvgIpc) is 2.78. The number of anilines is 1. The van der Waals surface area contributed by atoms with E-state index in [0.717, 1.165) is 24.2 Å². The molecule has 2 heterocycles. The summed E-state index contributed by atoms with van der Waals surface area (Å²) in [5.74, 6) is -1.29. The first-order chi connectivity index (χ1) is 8.18. The smallest absolute Gasteiger partial charge is 0.348 e. The maximum absolute atomic E-state index is 11.8. The number of nitrogens with one attached hydrogen (secondary N) is 1. The Bertz CT molecular complexity index is 423. The second kappa shape index (κ2) is 5.29. The van der Waals surface area contributed by atoms with Crippen molar-refractivity contribution in [2.75, 3.05) is 11.9 Å². The van der Waals surface area contributed by atoms with Gasteiger partial charge in [-0.3, -0.25) is 4.79 Å². The third-order valence-electron chi connectivity index (χ3n) is 2.59. The maximum Gasteiger partial charge on any atom is 0.348 e. The van der Waals surface area contributed by atoms with E-state index in [-0.39, 0.29) is 10.8 Å². The lowest BCUT2D eigenvalue weighted by Gasteiger charge is -2.21. The van der Waals surface area contributed by atoms with E-state index in [0.29, 0.717) is 18.7 Å². The highest BCUT2D eigenvalue weighted by molar-refractivity contribution is 7.12. The standard InChI is InChI=1S/C11H13NO4S/c13-10(8-3-1-2-5-16-8)12-7-4-6-17-9(7)11(14)15/h4,6,8H,1-3,5H2,(H,12,13)(H,14,15). The molecule has 0 aliphatic carbocycles. The minimum Gasteiger partial charge on any atom is -0.477 e. The molecule has 1 amide bonds. The van der Waals surface area contributed by atoms with Gasteiger partial charge in [0.25, 0.3) is 5.91 Å². The highest BCUT2D eigenvalue weighted by Gasteiger charge is 2.23. The van der Waals surface area contributed by atoms with Crippen LogP contribution in [0.15, 0.2) is 11.4 Å². The fourth-order valence-electron chi connectivity index (χ4n) is 1.73. The number of thiophene rings is 1. The second-order valence-corrected chi connectivity index (χ2v) is 4.73. The van der Waals surface area contributed by atoms with Gasteiger partial charge in [-0.05, 0) is 30.7 Å². The number of rotatable bonds is 3. The van der Waals surface area contributed by atoms with E-state index in [1.165, 1.54) is 0 Å². The normalized spacial score (nSPS) is 19.9. The Hall–Kier alpha value is -1.40. The van der Waals surface area contributed by atoms with Crippen molar-refractivity contribution in [3.63, 3.8) is 0 Å². The number of hydrogen-bond donors (Lipinski definition) is 2. The summed E-state index contributed by atoms with van der Waals surface area (Å²) in [4.78, 5) is 22.8. The number of aromatic carboxylic acids is 1. The molecule has 1 fully saturated rings. The first kappa shape index (κ1) is 12.1. The van der Waals surface area contributed by atoms with Crippen molar-refractivity contribution in [3.8, 4) is 0 Å². The molecule has 5 nitrogen and oxygen atoms in total. The van der Waals surface area contributed by atoms with Crippen LogP contribution in [-0.4, -0.2) is 29.7 Å². The lowest BCUT2D eigenvalue weighted by atomic mass is 10.1. The predicted molar refractivity (Wildman–Crippen MR) is 63.5 cm³/mol. The third kappa shape index (κ3) is 2.83. The monoisotopic (exact) mass is 255 g/mol. The zero-order valence-corrected chi connectivity index (χ0v) is 9.96. The van der Waals surface area contributed by atoms with Crippen molar-refractivity contribution < 1.29 is 19.4 Å². The molecule has 1 atom stereocenters. The van der Waals surface area contributed by atoms with Crippen LogP contribution in [0, 0.1) is 0 Å². The summed E-state index contributed by atoms with van der Waals surface area (Å²) in [6, 6.07) is 1.59. The van der Waals surface area contributed by atoms with Crippen LogP contribution in [0.2, 0.25) is 0 Å². The first-order valence-electron chi connectivity index (χ1n) is 5.41. The average molecular weight is 255 g/mol. The first-order valence-corrected chi connectivity index (χ1v) is 6.29. The van der Waals surface area contributed by atoms with Crippen LogP contribution in [0.4, 0.5) is 5.69 Å². The topological polar surface area (TPSA) is 75.6 Å². The second-order valence-electron chi connectivity index (χ2n) is 3.81. The zero-order chi connectivity index (χ0) is 12.3. The Morgan fingerprint density at radius 2 is 2.29 bits per heavy atom. The Morgan fingerprint density at radius 1 is 1.47 bits per heavy atom. The van der Waals surface area contributed by atoms with E-state index in [4.69, 9.17) is 9.84 Å². The molecule has 1 aliphatic rings. The van der Waals surface area contributed by atoms with Crippen molar-refractivity contribution >= 4 is 28.9 Å². The quantitative estimate of drug-likeness (QED) is 0.865. The van der Waals surface area contributed by atoms with Crippen LogP contribution < -0.4 is 5.32 Å². The minimum atomic E-state index is -1.03. The van der Waals surface area contributed by atoms with E-state index < -0.39 is 12.1 Å². The fourth-order valence-corrected chi connectivity index (χ4v) is 2.42. The minimum absolute atomic E-state index is 0.147. The van der Waals surface area contributed by atoms with Gasteiger partial charge in [0, 0.05) is 6.61 Å². The van der Waals surface area contributed by atoms with Crippen LogP contribution in [0.5, 0.6) is 0 Å². The highest BCUT2D eigenvalue weighted by Crippen LogP contribution is 2.23. The number of carboxylic acid groups (broad SMARTS) is 1. The summed E-state index contributed by atoms with van der Waals surface area (Å²) in [5, 5.41) is 13.2. The summed E-state index contributed by atoms with van der Waals surface area (Å²) in [6.45, 7) is 0.591. The van der Waals surface area contributed by atoms with Crippen LogP contribution in [0.25, 0.3) is 0 Å². The van der Waals surface area contributed by atoms with Gasteiger partial charge in [0.2, 0.25) is 0 Å². The van der Waals surface area contributed by atoms with Crippen LogP contribution >= 0.6 is 11.3 Å². The van der Waals surface area contributed by atoms with Crippen molar-refractivity contribution in [2.45, 2.75) is 25.4 Å². The molecule has 6 heteroatoms. The van der Waals surface area contributed by atoms with Gasteiger partial charge in [0.05, 0.1) is 5.69 Å². The molecule has 2 rings (SSSR count). The Kier molecular flexibility index (Phi) is 3.75. The number of carbonyl (C=O) groups excluding carboxylic acids is 1. The lowest BCUT2D eigenvalue weighted by Crippen LogP contribution is -2.33. The van der Waals surface area contributed by atoms with Gasteiger partial charge in [-0.25, -0.2) is 4.79 Å². The summed E-state index contributed by atoms with van der Waals surface area (Å²) >= 11 is 1.09. The predicted octanol–water partition coefficient (Wildman–Crippen LogP) is 1.95. The van der Waals surface area contributed by atoms with Gasteiger partial charge in [-0.1, -0.05) is 0 Å². The summed E-state index contributed by atoms with van der Waals surface area (Å²) in [7, 11) is 0. The lowest BCUT2D eigenvalue weighted by molar-refractivity contribution is -0.129. The van der Waals surface area contributed by atoms with Crippen molar-refractivity contribution in [1.29, 1.82) is 0 Å². The van der Waals surface area contributed by atoms with E-state index in [9.17, 15) is 9.59 Å². The van der Waals surface area contributed by atoms with Crippen LogP contribution in [0.3, 0.4) is 0 Å². The van der Waals surface area contributed by atoms with E-state index >= 15 is 0 Å². The number of carbonyl (C=O) groups is 2. The maximum atomic E-state index is 11.8. The largest absolute Gasteiger partial charge is 0.477 e. The van der Waals surface area contributed by atoms with Crippen LogP contribution in [0.1, 0.15) is 28.9 Å². The van der Waals surface area contributed by atoms with Crippen molar-refractivity contribution in [1.82, 2.24) is 0 Å². The fraction of sp³-hybridized carbons (Fsp3) is 0.455. The highest BCUT2D eigenvalue weighted by atomic mass is 32.1. The summed E-state index contributed by atoms with van der Waals surface area (Å²) in [6.07, 6.45) is 2.18. The van der Waals surface area contributed by atoms with E-state index in [1.54, 1.807) is 11.4 Å². The summed E-state index contributed by atoms with van der Waals surface area (Å²) < 4.78 is 5.33. The third-order valence-corrected chi connectivity index (χ3v) is 3.49. The SMILES string of the molecule is O=C(O)c1sccc1NC(=O)C1CCCCO1. The van der Waals surface area contributed by atoms with Gasteiger partial charge in [0.1, 0.15) is 11.0 Å². The van der Waals surface area contributed by atoms with Gasteiger partial charge in [0.15, 0.2) is 0 Å². The summed E-state index contributed by atoms with van der Waals surface area (Å²) in [5.41, 5.74) is 0.349. The molecule has 1 saturated heterocycles. The molecule has 1 aromatic heterocycles. The molecule has 0 bridgehead atoms. The number of ether oxygens (including phenoxy) is 1. The molecule has 17 heavy (non-hydrogen) atoms. The molecule has 2 N–H and O–H groups in total. The van der Waals surface area contributed by atoms with Crippen molar-refractivity contribution in [2.24, 2.45) is 0 Å². The molecule has 0 aromatic carbocycles. The van der Waals surface area contributed by atoms with Crippen LogP contribution in [-0.2, 0) is 9.53 Å². The molecule has 0 spiro atoms. The van der Waals surface area contributed by atoms with Gasteiger partial charge >= 0.3 is 5.97 Å². The van der Waals surface area contributed by atoms with Gasteiger partial charge < -0.3 is 15.2 Å². The van der Waals surface area contributed by atoms with Gasteiger partial charge in [-0.2, -0.15) is 0 Å². The van der Waals surface area contributed by atoms with Crippen molar-refractivity contribution in [3.05, 3.63) is 16.3 Å². The number of hydrogen-bond acceptors (Lipinski definition) is 4. The molecule has 1 aromatic rings. The Morgan fingerprint density at radius 3 is 2.94 bits per heavy atom.